The number of sulfonamides is 1. The molecule has 0 saturated heterocycles. The van der Waals surface area contributed by atoms with Crippen molar-refractivity contribution in [2.45, 2.75) is 16.7 Å². The summed E-state index contributed by atoms with van der Waals surface area (Å²) in [5, 5.41) is 0. The van der Waals surface area contributed by atoms with Gasteiger partial charge in [-0.15, -0.1) is 0 Å². The molecule has 0 spiro atoms. The summed E-state index contributed by atoms with van der Waals surface area (Å²) < 4.78 is 27.0. The highest BCUT2D eigenvalue weighted by atomic mass is 32.3. The molecule has 1 unspecified atom stereocenters. The minimum atomic E-state index is -3.57. The predicted molar refractivity (Wildman–Crippen MR) is 85.3 cm³/mol. The largest absolute Gasteiger partial charge is 0.399 e. The number of hydrogen-bond donors (Lipinski definition) is 2. The van der Waals surface area contributed by atoms with Gasteiger partial charge in [0.05, 0.1) is 4.90 Å². The van der Waals surface area contributed by atoms with E-state index < -0.39 is 20.7 Å². The molecule has 0 radical (unpaired) electrons. The molecule has 0 saturated carbocycles. The summed E-state index contributed by atoms with van der Waals surface area (Å²) in [7, 11) is -4.43. The van der Waals surface area contributed by atoms with Gasteiger partial charge < -0.3 is 5.73 Å². The van der Waals surface area contributed by atoms with E-state index in [9.17, 15) is 8.42 Å². The van der Waals surface area contributed by atoms with E-state index in [1.165, 1.54) is 0 Å². The van der Waals surface area contributed by atoms with Crippen molar-refractivity contribution >= 4 is 32.3 Å². The summed E-state index contributed by atoms with van der Waals surface area (Å²) in [4.78, 5) is 1.02. The van der Waals surface area contributed by atoms with E-state index in [1.54, 1.807) is 48.5 Å². The van der Waals surface area contributed by atoms with Crippen molar-refractivity contribution in [1.82, 2.24) is 4.13 Å². The molecule has 0 heterocycles. The lowest BCUT2D eigenvalue weighted by atomic mass is 10.2. The van der Waals surface area contributed by atoms with Crippen LogP contribution < -0.4 is 9.86 Å². The fourth-order valence-corrected chi connectivity index (χ4v) is 4.37. The van der Waals surface area contributed by atoms with Crippen LogP contribution in [0.4, 0.5) is 5.69 Å². The summed E-state index contributed by atoms with van der Waals surface area (Å²) in [6.45, 7) is 1.91. The Hall–Kier alpha value is -1.63. The zero-order valence-electron chi connectivity index (χ0n) is 11.0. The fraction of sp³-hybridized carbons (Fsp3) is 0.0714. The van der Waals surface area contributed by atoms with Crippen molar-refractivity contribution in [3.63, 3.8) is 0 Å². The Morgan fingerprint density at radius 3 is 2.15 bits per heavy atom. The van der Waals surface area contributed by atoms with Crippen LogP contribution in [-0.4, -0.2) is 14.3 Å². The number of rotatable bonds is 4. The summed E-state index contributed by atoms with van der Waals surface area (Å²) in [5.41, 5.74) is 7.25. The number of aryl methyl sites for hydroxylation is 1. The van der Waals surface area contributed by atoms with Gasteiger partial charge in [0.25, 0.3) is 0 Å². The maximum atomic E-state index is 12.2. The van der Waals surface area contributed by atoms with Gasteiger partial charge in [-0.05, 0) is 43.3 Å². The highest BCUT2D eigenvalue weighted by Gasteiger charge is 2.14. The van der Waals surface area contributed by atoms with Crippen molar-refractivity contribution in [2.75, 3.05) is 5.73 Å². The van der Waals surface area contributed by atoms with Gasteiger partial charge in [0.2, 0.25) is 10.0 Å². The highest BCUT2D eigenvalue weighted by Crippen LogP contribution is 2.24. The van der Waals surface area contributed by atoms with Crippen LogP contribution in [0.5, 0.6) is 0 Å². The zero-order chi connectivity index (χ0) is 14.8. The molecule has 4 nitrogen and oxygen atoms in total. The Balaban J connectivity index is 2.22. The third-order valence-electron chi connectivity index (χ3n) is 2.71. The molecule has 3 N–H and O–H groups in total. The van der Waals surface area contributed by atoms with Gasteiger partial charge in [-0.25, -0.2) is 8.42 Å². The van der Waals surface area contributed by atoms with E-state index in [0.29, 0.717) is 5.69 Å². The number of nitrogens with one attached hydrogen (secondary N) is 1. The van der Waals surface area contributed by atoms with Gasteiger partial charge in [-0.1, -0.05) is 34.2 Å². The Labute approximate surface area is 121 Å². The average Bonchev–Trinajstić information content (AvgIpc) is 2.39. The minimum absolute atomic E-state index is 0.236. The lowest BCUT2D eigenvalue weighted by Crippen LogP contribution is -2.18. The molecular formula is C14H16N2O2S2. The Morgan fingerprint density at radius 1 is 1.05 bits per heavy atom. The van der Waals surface area contributed by atoms with E-state index in [-0.39, 0.29) is 4.90 Å². The average molecular weight is 308 g/mol. The molecule has 106 valence electrons. The minimum Gasteiger partial charge on any atom is -0.399 e. The number of nitrogens with two attached hydrogens (primary N) is 1. The Morgan fingerprint density at radius 2 is 1.60 bits per heavy atom. The van der Waals surface area contributed by atoms with Crippen LogP contribution in [0.3, 0.4) is 0 Å². The first kappa shape index (κ1) is 14.8. The lowest BCUT2D eigenvalue weighted by molar-refractivity contribution is 0.594. The molecule has 0 bridgehead atoms. The first-order valence-electron chi connectivity index (χ1n) is 5.87. The van der Waals surface area contributed by atoms with Crippen LogP contribution >= 0.6 is 10.7 Å². The molecule has 2 aromatic rings. The molecular weight excluding hydrogens is 292 g/mol. The van der Waals surface area contributed by atoms with Crippen molar-refractivity contribution < 1.29 is 8.42 Å². The normalized spacial score (nSPS) is 13.1. The van der Waals surface area contributed by atoms with Gasteiger partial charge in [0.1, 0.15) is 0 Å². The number of benzene rings is 2. The molecule has 20 heavy (non-hydrogen) atoms. The molecule has 6 heteroatoms. The standard InChI is InChI=1S/C14H16N2O2S2/c1-11-3-9-14(10-4-11)20(17,18)16-19(2)13-7-5-12(15)6-8-13/h3-10,16H,2,15H2,1H3. The van der Waals surface area contributed by atoms with Crippen LogP contribution in [-0.2, 0) is 10.0 Å². The Bertz CT molecular complexity index is 721. The summed E-state index contributed by atoms with van der Waals surface area (Å²) >= 11 is 0. The van der Waals surface area contributed by atoms with E-state index >= 15 is 0 Å². The highest BCUT2D eigenvalue weighted by molar-refractivity contribution is 8.19. The fourth-order valence-electron chi connectivity index (χ4n) is 1.58. The van der Waals surface area contributed by atoms with E-state index in [4.69, 9.17) is 5.73 Å². The molecule has 0 aliphatic carbocycles. The van der Waals surface area contributed by atoms with Gasteiger partial charge in [0, 0.05) is 10.6 Å². The third kappa shape index (κ3) is 3.47. The molecule has 0 amide bonds. The quantitative estimate of drug-likeness (QED) is 0.673. The second-order valence-corrected chi connectivity index (χ2v) is 7.76. The van der Waals surface area contributed by atoms with E-state index in [0.717, 1.165) is 10.5 Å². The lowest BCUT2D eigenvalue weighted by Gasteiger charge is -2.11. The molecule has 0 aliphatic heterocycles. The van der Waals surface area contributed by atoms with Crippen LogP contribution in [0.1, 0.15) is 5.56 Å². The maximum absolute atomic E-state index is 12.2. The maximum Gasteiger partial charge on any atom is 0.249 e. The first-order chi connectivity index (χ1) is 9.38. The van der Waals surface area contributed by atoms with Crippen LogP contribution in [0.2, 0.25) is 0 Å². The monoisotopic (exact) mass is 308 g/mol. The number of nitrogen functional groups attached to an aromatic ring is 1. The van der Waals surface area contributed by atoms with Gasteiger partial charge in [-0.2, -0.15) is 4.13 Å². The third-order valence-corrected chi connectivity index (χ3v) is 6.12. The van der Waals surface area contributed by atoms with Crippen LogP contribution in [0, 0.1) is 6.92 Å². The van der Waals surface area contributed by atoms with E-state index in [1.807, 2.05) is 6.92 Å². The summed E-state index contributed by atoms with van der Waals surface area (Å²) in [6, 6.07) is 13.7. The van der Waals surface area contributed by atoms with Gasteiger partial charge >= 0.3 is 0 Å². The van der Waals surface area contributed by atoms with E-state index in [2.05, 4.69) is 10.00 Å². The first-order valence-corrected chi connectivity index (χ1v) is 8.75. The smallest absolute Gasteiger partial charge is 0.249 e. The molecule has 2 aromatic carbocycles. The zero-order valence-corrected chi connectivity index (χ0v) is 12.7. The number of hydrogen-bond acceptors (Lipinski definition) is 3. The molecule has 0 fully saturated rings. The van der Waals surface area contributed by atoms with Crippen LogP contribution in [0.15, 0.2) is 58.3 Å². The molecule has 0 aromatic heterocycles. The summed E-state index contributed by atoms with van der Waals surface area (Å²) in [6.07, 6.45) is 0. The topological polar surface area (TPSA) is 72.2 Å². The van der Waals surface area contributed by atoms with Crippen LogP contribution in [0.25, 0.3) is 0 Å². The second kappa shape index (κ2) is 5.78. The molecule has 0 aliphatic rings. The van der Waals surface area contributed by atoms with Crippen molar-refractivity contribution in [3.8, 4) is 0 Å². The summed E-state index contributed by atoms with van der Waals surface area (Å²) in [5.74, 6) is 3.86. The molecule has 1 atom stereocenters. The van der Waals surface area contributed by atoms with Crippen molar-refractivity contribution in [1.29, 1.82) is 0 Å². The van der Waals surface area contributed by atoms with Gasteiger partial charge in [-0.3, -0.25) is 0 Å². The predicted octanol–water partition coefficient (Wildman–Crippen LogP) is 2.53. The van der Waals surface area contributed by atoms with Crippen molar-refractivity contribution in [2.24, 2.45) is 0 Å². The second-order valence-electron chi connectivity index (χ2n) is 4.36. The molecule has 2 rings (SSSR count). The SMILES string of the molecule is C=S(NS(=O)(=O)c1ccc(C)cc1)c1ccc(N)cc1. The van der Waals surface area contributed by atoms with Crippen molar-refractivity contribution in [3.05, 3.63) is 54.1 Å². The number of anilines is 1. The Kier molecular flexibility index (Phi) is 4.27. The van der Waals surface area contributed by atoms with Gasteiger partial charge in [0.15, 0.2) is 0 Å².